The normalized spacial score (nSPS) is 10.8. The molecule has 3 rings (SSSR count). The van der Waals surface area contributed by atoms with Crippen LogP contribution in [0.2, 0.25) is 0 Å². The zero-order valence-corrected chi connectivity index (χ0v) is 18.5. The van der Waals surface area contributed by atoms with Gasteiger partial charge in [-0.25, -0.2) is 0 Å². The molecule has 30 heavy (non-hydrogen) atoms. The molecule has 0 aliphatic rings. The van der Waals surface area contributed by atoms with Crippen molar-refractivity contribution in [2.24, 2.45) is 5.92 Å². The number of aryl methyl sites for hydroxylation is 1. The molecule has 0 bridgehead atoms. The Balaban J connectivity index is 1.80. The molecule has 5 heteroatoms. The van der Waals surface area contributed by atoms with E-state index in [9.17, 15) is 9.59 Å². The molecule has 3 aromatic rings. The fraction of sp³-hybridized carbons (Fsp3) is 0.280. The van der Waals surface area contributed by atoms with Crippen molar-refractivity contribution in [2.75, 3.05) is 11.4 Å². The van der Waals surface area contributed by atoms with Crippen molar-refractivity contribution in [1.82, 2.24) is 5.32 Å². The van der Waals surface area contributed by atoms with Crippen LogP contribution in [0.15, 0.2) is 66.0 Å². The summed E-state index contributed by atoms with van der Waals surface area (Å²) < 4.78 is 0. The molecule has 0 atom stereocenters. The number of carbonyl (C=O) groups is 2. The van der Waals surface area contributed by atoms with Gasteiger partial charge in [0.2, 0.25) is 5.91 Å². The Labute approximate surface area is 182 Å². The molecule has 0 saturated carbocycles. The highest BCUT2D eigenvalue weighted by Crippen LogP contribution is 2.24. The number of anilines is 1. The zero-order chi connectivity index (χ0) is 21.5. The van der Waals surface area contributed by atoms with Gasteiger partial charge < -0.3 is 10.2 Å². The van der Waals surface area contributed by atoms with E-state index in [4.69, 9.17) is 0 Å². The largest absolute Gasteiger partial charge is 0.356 e. The zero-order valence-electron chi connectivity index (χ0n) is 17.7. The quantitative estimate of drug-likeness (QED) is 0.543. The maximum absolute atomic E-state index is 13.2. The third-order valence-corrected chi connectivity index (χ3v) is 5.74. The molecular weight excluding hydrogens is 392 g/mol. The van der Waals surface area contributed by atoms with Gasteiger partial charge in [0.05, 0.1) is 17.8 Å². The van der Waals surface area contributed by atoms with E-state index in [0.717, 1.165) is 22.4 Å². The number of benzene rings is 2. The second-order valence-electron chi connectivity index (χ2n) is 7.84. The average Bonchev–Trinajstić information content (AvgIpc) is 3.27. The number of amides is 2. The van der Waals surface area contributed by atoms with Crippen LogP contribution in [0.3, 0.4) is 0 Å². The minimum absolute atomic E-state index is 0.0166. The molecule has 4 nitrogen and oxygen atoms in total. The Bertz CT molecular complexity index is 979. The topological polar surface area (TPSA) is 49.4 Å². The minimum Gasteiger partial charge on any atom is -0.356 e. The fourth-order valence-corrected chi connectivity index (χ4v) is 3.80. The molecule has 1 heterocycles. The standard InChI is InChI=1S/C25H28N2O2S/c1-18(2)16-26-24(28)15-20-10-12-22(13-11-20)27(25(29)23-9-6-14-30-23)17-21-8-5-4-7-19(21)3/h4-14,18H,15-17H2,1-3H3,(H,26,28). The second kappa shape index (κ2) is 10.2. The molecule has 2 aromatic carbocycles. The van der Waals surface area contributed by atoms with E-state index in [2.05, 4.69) is 38.2 Å². The smallest absolute Gasteiger partial charge is 0.268 e. The molecule has 0 radical (unpaired) electrons. The Kier molecular flexibility index (Phi) is 7.41. The molecule has 0 saturated heterocycles. The first kappa shape index (κ1) is 21.8. The van der Waals surface area contributed by atoms with Gasteiger partial charge in [-0.3, -0.25) is 9.59 Å². The van der Waals surface area contributed by atoms with E-state index >= 15 is 0 Å². The Morgan fingerprint density at radius 3 is 2.37 bits per heavy atom. The van der Waals surface area contributed by atoms with Gasteiger partial charge in [0, 0.05) is 12.2 Å². The lowest BCUT2D eigenvalue weighted by Crippen LogP contribution is -2.30. The Morgan fingerprint density at radius 2 is 1.73 bits per heavy atom. The van der Waals surface area contributed by atoms with E-state index in [1.54, 1.807) is 4.90 Å². The summed E-state index contributed by atoms with van der Waals surface area (Å²) in [7, 11) is 0. The van der Waals surface area contributed by atoms with Crippen molar-refractivity contribution in [1.29, 1.82) is 0 Å². The number of hydrogen-bond donors (Lipinski definition) is 1. The molecule has 1 N–H and O–H groups in total. The van der Waals surface area contributed by atoms with Gasteiger partial charge in [-0.05, 0) is 53.1 Å². The highest BCUT2D eigenvalue weighted by Gasteiger charge is 2.20. The summed E-state index contributed by atoms with van der Waals surface area (Å²) in [5.74, 6) is 0.424. The van der Waals surface area contributed by atoms with Crippen LogP contribution >= 0.6 is 11.3 Å². The van der Waals surface area contributed by atoms with E-state index in [1.807, 2.05) is 53.9 Å². The van der Waals surface area contributed by atoms with Crippen molar-refractivity contribution < 1.29 is 9.59 Å². The molecular formula is C25H28N2O2S. The summed E-state index contributed by atoms with van der Waals surface area (Å²) in [5.41, 5.74) is 4.02. The number of carbonyl (C=O) groups excluding carboxylic acids is 2. The van der Waals surface area contributed by atoms with Crippen LogP contribution in [0.5, 0.6) is 0 Å². The predicted octanol–water partition coefficient (Wildman–Crippen LogP) is 5.22. The maximum Gasteiger partial charge on any atom is 0.268 e. The summed E-state index contributed by atoms with van der Waals surface area (Å²) >= 11 is 1.44. The molecule has 0 fully saturated rings. The van der Waals surface area contributed by atoms with Crippen molar-refractivity contribution >= 4 is 28.8 Å². The van der Waals surface area contributed by atoms with Crippen molar-refractivity contribution in [3.63, 3.8) is 0 Å². The Hall–Kier alpha value is -2.92. The predicted molar refractivity (Wildman–Crippen MR) is 124 cm³/mol. The van der Waals surface area contributed by atoms with E-state index < -0.39 is 0 Å². The molecule has 0 spiro atoms. The van der Waals surface area contributed by atoms with E-state index in [0.29, 0.717) is 30.3 Å². The first-order chi connectivity index (χ1) is 14.4. The lowest BCUT2D eigenvalue weighted by atomic mass is 10.1. The van der Waals surface area contributed by atoms with Crippen LogP contribution in [0.1, 0.15) is 40.2 Å². The summed E-state index contributed by atoms with van der Waals surface area (Å²) in [6.07, 6.45) is 0.337. The monoisotopic (exact) mass is 420 g/mol. The van der Waals surface area contributed by atoms with Crippen LogP contribution in [-0.2, 0) is 17.8 Å². The highest BCUT2D eigenvalue weighted by molar-refractivity contribution is 7.12. The maximum atomic E-state index is 13.2. The number of nitrogens with zero attached hydrogens (tertiary/aromatic N) is 1. The van der Waals surface area contributed by atoms with Gasteiger partial charge in [-0.15, -0.1) is 11.3 Å². The van der Waals surface area contributed by atoms with Crippen LogP contribution in [0, 0.1) is 12.8 Å². The highest BCUT2D eigenvalue weighted by atomic mass is 32.1. The lowest BCUT2D eigenvalue weighted by molar-refractivity contribution is -0.120. The number of nitrogens with one attached hydrogen (secondary N) is 1. The second-order valence-corrected chi connectivity index (χ2v) is 8.78. The van der Waals surface area contributed by atoms with Crippen molar-refractivity contribution in [3.05, 3.63) is 87.6 Å². The van der Waals surface area contributed by atoms with Gasteiger partial charge in [0.1, 0.15) is 0 Å². The van der Waals surface area contributed by atoms with Gasteiger partial charge in [0.25, 0.3) is 5.91 Å². The minimum atomic E-state index is -0.0179. The summed E-state index contributed by atoms with van der Waals surface area (Å²) in [6.45, 7) is 7.38. The van der Waals surface area contributed by atoms with Crippen LogP contribution in [-0.4, -0.2) is 18.4 Å². The number of thiophene rings is 1. The van der Waals surface area contributed by atoms with Gasteiger partial charge >= 0.3 is 0 Å². The SMILES string of the molecule is Cc1ccccc1CN(C(=O)c1cccs1)c1ccc(CC(=O)NCC(C)C)cc1. The molecule has 156 valence electrons. The molecule has 0 unspecified atom stereocenters. The third kappa shape index (κ3) is 5.80. The van der Waals surface area contributed by atoms with Gasteiger partial charge in [0.15, 0.2) is 0 Å². The Morgan fingerprint density at radius 1 is 1.00 bits per heavy atom. The van der Waals surface area contributed by atoms with Crippen molar-refractivity contribution in [3.8, 4) is 0 Å². The van der Waals surface area contributed by atoms with Crippen molar-refractivity contribution in [2.45, 2.75) is 33.7 Å². The first-order valence-corrected chi connectivity index (χ1v) is 11.1. The molecule has 1 aromatic heterocycles. The van der Waals surface area contributed by atoms with E-state index in [1.165, 1.54) is 11.3 Å². The average molecular weight is 421 g/mol. The molecule has 2 amide bonds. The fourth-order valence-electron chi connectivity index (χ4n) is 3.13. The molecule has 0 aliphatic heterocycles. The number of rotatable bonds is 8. The van der Waals surface area contributed by atoms with Crippen LogP contribution < -0.4 is 10.2 Å². The first-order valence-electron chi connectivity index (χ1n) is 10.2. The van der Waals surface area contributed by atoms with Crippen LogP contribution in [0.4, 0.5) is 5.69 Å². The van der Waals surface area contributed by atoms with Crippen LogP contribution in [0.25, 0.3) is 0 Å². The van der Waals surface area contributed by atoms with E-state index in [-0.39, 0.29) is 11.8 Å². The summed E-state index contributed by atoms with van der Waals surface area (Å²) in [6, 6.07) is 19.6. The van der Waals surface area contributed by atoms with Gasteiger partial charge in [-0.1, -0.05) is 56.3 Å². The number of hydrogen-bond acceptors (Lipinski definition) is 3. The lowest BCUT2D eigenvalue weighted by Gasteiger charge is -2.23. The molecule has 0 aliphatic carbocycles. The third-order valence-electron chi connectivity index (χ3n) is 4.89. The van der Waals surface area contributed by atoms with Gasteiger partial charge in [-0.2, -0.15) is 0 Å². The summed E-state index contributed by atoms with van der Waals surface area (Å²) in [5, 5.41) is 4.86. The summed E-state index contributed by atoms with van der Waals surface area (Å²) in [4.78, 5) is 27.8.